The van der Waals surface area contributed by atoms with Crippen LogP contribution in [0.5, 0.6) is 0 Å². The van der Waals surface area contributed by atoms with Gasteiger partial charge < -0.3 is 9.63 Å². The number of aromatic nitrogens is 2. The van der Waals surface area contributed by atoms with Crippen LogP contribution in [0.25, 0.3) is 11.4 Å². The molecule has 2 aromatic carbocycles. The summed E-state index contributed by atoms with van der Waals surface area (Å²) in [5.41, 5.74) is 1.42. The number of aliphatic hydroxyl groups excluding tert-OH is 1. The van der Waals surface area contributed by atoms with E-state index in [0.717, 1.165) is 11.8 Å². The van der Waals surface area contributed by atoms with Gasteiger partial charge in [0.05, 0.1) is 17.4 Å². The van der Waals surface area contributed by atoms with Crippen LogP contribution in [-0.4, -0.2) is 29.9 Å². The molecule has 1 aromatic heterocycles. The van der Waals surface area contributed by atoms with E-state index in [1.807, 2.05) is 30.3 Å². The Kier molecular flexibility index (Phi) is 4.46. The molecule has 0 aliphatic rings. The second kappa shape index (κ2) is 6.54. The normalized spacial score (nSPS) is 12.9. The number of rotatable bonds is 5. The first-order valence-corrected chi connectivity index (χ1v) is 9.19. The lowest BCUT2D eigenvalue weighted by Crippen LogP contribution is -2.01. The van der Waals surface area contributed by atoms with E-state index in [1.165, 1.54) is 12.1 Å². The average Bonchev–Trinajstić information content (AvgIpc) is 3.03. The van der Waals surface area contributed by atoms with Gasteiger partial charge in [0, 0.05) is 11.8 Å². The Morgan fingerprint density at radius 2 is 1.75 bits per heavy atom. The van der Waals surface area contributed by atoms with E-state index in [2.05, 4.69) is 10.1 Å². The lowest BCUT2D eigenvalue weighted by Gasteiger charge is -2.07. The second-order valence-electron chi connectivity index (χ2n) is 5.44. The highest BCUT2D eigenvalue weighted by Crippen LogP contribution is 2.21. The summed E-state index contributed by atoms with van der Waals surface area (Å²) >= 11 is 0. The summed E-state index contributed by atoms with van der Waals surface area (Å²) in [6.07, 6.45) is 0.629. The van der Waals surface area contributed by atoms with Gasteiger partial charge in [-0.3, -0.25) is 0 Å². The Hall–Kier alpha value is -2.51. The van der Waals surface area contributed by atoms with Gasteiger partial charge >= 0.3 is 0 Å². The quantitative estimate of drug-likeness (QED) is 0.764. The summed E-state index contributed by atoms with van der Waals surface area (Å²) in [5.74, 6) is 0.666. The Bertz CT molecular complexity index is 919. The third-order valence-electron chi connectivity index (χ3n) is 3.56. The number of aliphatic hydroxyl groups is 1. The van der Waals surface area contributed by atoms with E-state index in [1.54, 1.807) is 12.1 Å². The van der Waals surface area contributed by atoms with Crippen molar-refractivity contribution in [1.82, 2.24) is 10.1 Å². The van der Waals surface area contributed by atoms with Crippen molar-refractivity contribution in [3.8, 4) is 11.4 Å². The van der Waals surface area contributed by atoms with Crippen molar-refractivity contribution < 1.29 is 18.0 Å². The molecule has 0 unspecified atom stereocenters. The predicted molar refractivity (Wildman–Crippen MR) is 87.9 cm³/mol. The van der Waals surface area contributed by atoms with Gasteiger partial charge in [-0.1, -0.05) is 35.5 Å². The molecule has 0 aliphatic carbocycles. The van der Waals surface area contributed by atoms with E-state index < -0.39 is 15.9 Å². The molecule has 0 radical (unpaired) electrons. The number of hydrogen-bond acceptors (Lipinski definition) is 6. The van der Waals surface area contributed by atoms with Crippen LogP contribution in [0.15, 0.2) is 64.0 Å². The van der Waals surface area contributed by atoms with Gasteiger partial charge in [0.2, 0.25) is 11.7 Å². The van der Waals surface area contributed by atoms with Crippen LogP contribution in [0.1, 0.15) is 17.6 Å². The van der Waals surface area contributed by atoms with Crippen LogP contribution < -0.4 is 0 Å². The smallest absolute Gasteiger partial charge is 0.229 e. The molecule has 1 heterocycles. The molecular formula is C17H16N2O4S. The topological polar surface area (TPSA) is 93.3 Å². The summed E-state index contributed by atoms with van der Waals surface area (Å²) < 4.78 is 28.1. The minimum Gasteiger partial charge on any atom is -0.388 e. The van der Waals surface area contributed by atoms with Gasteiger partial charge in [0.15, 0.2) is 9.84 Å². The summed E-state index contributed by atoms with van der Waals surface area (Å²) in [7, 11) is -3.24. The summed E-state index contributed by atoms with van der Waals surface area (Å²) in [4.78, 5) is 4.48. The summed E-state index contributed by atoms with van der Waals surface area (Å²) in [6, 6.07) is 15.5. The van der Waals surface area contributed by atoms with Crippen molar-refractivity contribution in [1.29, 1.82) is 0 Å². The van der Waals surface area contributed by atoms with Crippen molar-refractivity contribution >= 4 is 9.84 Å². The maximum atomic E-state index is 11.5. The van der Waals surface area contributed by atoms with Gasteiger partial charge in [0.25, 0.3) is 0 Å². The van der Waals surface area contributed by atoms with Crippen molar-refractivity contribution in [2.75, 3.05) is 6.26 Å². The molecule has 0 bridgehead atoms. The highest BCUT2D eigenvalue weighted by Gasteiger charge is 2.15. The van der Waals surface area contributed by atoms with Crippen molar-refractivity contribution in [2.24, 2.45) is 0 Å². The molecule has 0 aliphatic heterocycles. The third-order valence-corrected chi connectivity index (χ3v) is 4.69. The molecule has 0 saturated heterocycles. The zero-order chi connectivity index (χ0) is 17.2. The first-order chi connectivity index (χ1) is 11.4. The fourth-order valence-corrected chi connectivity index (χ4v) is 2.90. The van der Waals surface area contributed by atoms with E-state index in [0.29, 0.717) is 17.3 Å². The fourth-order valence-electron chi connectivity index (χ4n) is 2.26. The molecule has 124 valence electrons. The maximum Gasteiger partial charge on any atom is 0.229 e. The monoisotopic (exact) mass is 344 g/mol. The Labute approximate surface area is 139 Å². The van der Waals surface area contributed by atoms with Crippen LogP contribution in [0.2, 0.25) is 0 Å². The largest absolute Gasteiger partial charge is 0.388 e. The third kappa shape index (κ3) is 3.69. The lowest BCUT2D eigenvalue weighted by atomic mass is 10.1. The Morgan fingerprint density at radius 3 is 2.38 bits per heavy atom. The molecule has 1 N–H and O–H groups in total. The molecule has 1 atom stereocenters. The zero-order valence-corrected chi connectivity index (χ0v) is 13.8. The van der Waals surface area contributed by atoms with E-state index >= 15 is 0 Å². The van der Waals surface area contributed by atoms with Crippen molar-refractivity contribution in [3.63, 3.8) is 0 Å². The SMILES string of the molecule is CS(=O)(=O)c1ccc(-c2noc(C[C@@H](O)c3ccccc3)n2)cc1. The zero-order valence-electron chi connectivity index (χ0n) is 13.0. The minimum atomic E-state index is -3.24. The maximum absolute atomic E-state index is 11.5. The van der Waals surface area contributed by atoms with Crippen molar-refractivity contribution in [3.05, 3.63) is 66.1 Å². The Balaban J connectivity index is 1.76. The number of sulfone groups is 1. The number of hydrogen-bond donors (Lipinski definition) is 1. The van der Waals surface area contributed by atoms with Gasteiger partial charge in [-0.2, -0.15) is 4.98 Å². The van der Waals surface area contributed by atoms with Gasteiger partial charge in [-0.15, -0.1) is 0 Å². The molecule has 0 fully saturated rings. The van der Waals surface area contributed by atoms with Crippen LogP contribution in [0.3, 0.4) is 0 Å². The lowest BCUT2D eigenvalue weighted by molar-refractivity contribution is 0.165. The second-order valence-corrected chi connectivity index (χ2v) is 7.45. The van der Waals surface area contributed by atoms with Crippen molar-refractivity contribution in [2.45, 2.75) is 17.4 Å². The highest BCUT2D eigenvalue weighted by molar-refractivity contribution is 7.90. The number of benzene rings is 2. The summed E-state index contributed by atoms with van der Waals surface area (Å²) in [5, 5.41) is 14.1. The first kappa shape index (κ1) is 16.4. The molecular weight excluding hydrogens is 328 g/mol. The Morgan fingerprint density at radius 1 is 1.08 bits per heavy atom. The molecule has 7 heteroatoms. The standard InChI is InChI=1S/C17H16N2O4S/c1-24(21,22)14-9-7-13(8-10-14)17-18-16(23-19-17)11-15(20)12-5-3-2-4-6-12/h2-10,15,20H,11H2,1H3/t15-/m1/s1. The molecule has 0 saturated carbocycles. The highest BCUT2D eigenvalue weighted by atomic mass is 32.2. The minimum absolute atomic E-state index is 0.207. The van der Waals surface area contributed by atoms with E-state index in [4.69, 9.17) is 4.52 Å². The first-order valence-electron chi connectivity index (χ1n) is 7.29. The molecule has 24 heavy (non-hydrogen) atoms. The fraction of sp³-hybridized carbons (Fsp3) is 0.176. The van der Waals surface area contributed by atoms with Crippen LogP contribution in [-0.2, 0) is 16.3 Å². The molecule has 0 amide bonds. The molecule has 6 nitrogen and oxygen atoms in total. The summed E-state index contributed by atoms with van der Waals surface area (Å²) in [6.45, 7) is 0. The molecule has 3 rings (SSSR count). The van der Waals surface area contributed by atoms with Gasteiger partial charge in [-0.25, -0.2) is 8.42 Å². The molecule has 3 aromatic rings. The van der Waals surface area contributed by atoms with Crippen LogP contribution in [0.4, 0.5) is 0 Å². The van der Waals surface area contributed by atoms with Crippen LogP contribution >= 0.6 is 0 Å². The van der Waals surface area contributed by atoms with Crippen LogP contribution in [0, 0.1) is 0 Å². The van der Waals surface area contributed by atoms with Gasteiger partial charge in [0.1, 0.15) is 0 Å². The predicted octanol–water partition coefficient (Wildman–Crippen LogP) is 2.42. The molecule has 0 spiro atoms. The van der Waals surface area contributed by atoms with E-state index in [9.17, 15) is 13.5 Å². The van der Waals surface area contributed by atoms with E-state index in [-0.39, 0.29) is 11.3 Å². The number of nitrogens with zero attached hydrogens (tertiary/aromatic N) is 2. The van der Waals surface area contributed by atoms with Gasteiger partial charge in [-0.05, 0) is 29.8 Å². The average molecular weight is 344 g/mol.